The summed E-state index contributed by atoms with van der Waals surface area (Å²) in [7, 11) is 0. The van der Waals surface area contributed by atoms with Crippen LogP contribution < -0.4 is 5.32 Å². The lowest BCUT2D eigenvalue weighted by Gasteiger charge is -2.24. The second-order valence-electron chi connectivity index (χ2n) is 8.24. The summed E-state index contributed by atoms with van der Waals surface area (Å²) in [5.74, 6) is 0.262. The van der Waals surface area contributed by atoms with Crippen LogP contribution >= 0.6 is 0 Å². The van der Waals surface area contributed by atoms with Crippen molar-refractivity contribution in [2.24, 2.45) is 0 Å². The molecule has 1 N–H and O–H groups in total. The van der Waals surface area contributed by atoms with Crippen molar-refractivity contribution in [3.8, 4) is 0 Å². The minimum atomic E-state index is -0.477. The third kappa shape index (κ3) is 5.59. The van der Waals surface area contributed by atoms with Crippen LogP contribution in [0.3, 0.4) is 0 Å². The average molecular weight is 380 g/mol. The molecular formula is C23H28N2O3. The smallest absolute Gasteiger partial charge is 0.410 e. The molecule has 0 unspecified atom stereocenters. The van der Waals surface area contributed by atoms with E-state index in [4.69, 9.17) is 4.74 Å². The largest absolute Gasteiger partial charge is 0.444 e. The quantitative estimate of drug-likeness (QED) is 0.844. The fourth-order valence-corrected chi connectivity index (χ4v) is 3.35. The summed E-state index contributed by atoms with van der Waals surface area (Å²) in [5, 5.41) is 2.94. The number of hydrogen-bond acceptors (Lipinski definition) is 3. The van der Waals surface area contributed by atoms with E-state index < -0.39 is 5.60 Å². The van der Waals surface area contributed by atoms with Gasteiger partial charge in [-0.15, -0.1) is 0 Å². The lowest BCUT2D eigenvalue weighted by Crippen LogP contribution is -2.35. The predicted molar refractivity (Wildman–Crippen MR) is 110 cm³/mol. The topological polar surface area (TPSA) is 58.6 Å². The summed E-state index contributed by atoms with van der Waals surface area (Å²) < 4.78 is 5.46. The third-order valence-corrected chi connectivity index (χ3v) is 4.71. The first-order chi connectivity index (χ1) is 13.3. The summed E-state index contributed by atoms with van der Waals surface area (Å²) in [6.07, 6.45) is 1.02. The van der Waals surface area contributed by atoms with Gasteiger partial charge in [0.15, 0.2) is 0 Å². The number of rotatable bonds is 4. The molecule has 1 heterocycles. The Morgan fingerprint density at radius 3 is 2.39 bits per heavy atom. The highest BCUT2D eigenvalue weighted by Gasteiger charge is 2.30. The van der Waals surface area contributed by atoms with Gasteiger partial charge >= 0.3 is 6.09 Å². The maximum Gasteiger partial charge on any atom is 0.410 e. The summed E-state index contributed by atoms with van der Waals surface area (Å²) in [6.45, 7) is 7.00. The van der Waals surface area contributed by atoms with Crippen LogP contribution in [0.25, 0.3) is 0 Å². The molecule has 1 saturated heterocycles. The zero-order valence-electron chi connectivity index (χ0n) is 16.8. The summed E-state index contributed by atoms with van der Waals surface area (Å²) in [6, 6.07) is 17.6. The van der Waals surface area contributed by atoms with Crippen molar-refractivity contribution >= 4 is 17.7 Å². The first-order valence-electron chi connectivity index (χ1n) is 9.72. The maximum absolute atomic E-state index is 12.2. The van der Waals surface area contributed by atoms with E-state index in [0.717, 1.165) is 17.7 Å². The minimum absolute atomic E-state index is 0.0316. The van der Waals surface area contributed by atoms with E-state index in [-0.39, 0.29) is 12.0 Å². The Morgan fingerprint density at radius 2 is 1.75 bits per heavy atom. The van der Waals surface area contributed by atoms with Crippen LogP contribution in [0.15, 0.2) is 54.6 Å². The van der Waals surface area contributed by atoms with E-state index in [9.17, 15) is 9.59 Å². The van der Waals surface area contributed by atoms with E-state index in [1.54, 1.807) is 4.90 Å². The average Bonchev–Trinajstić information content (AvgIpc) is 3.12. The van der Waals surface area contributed by atoms with Gasteiger partial charge in [0, 0.05) is 24.7 Å². The molecule has 2 aromatic rings. The predicted octanol–water partition coefficient (Wildman–Crippen LogP) is 4.59. The molecule has 2 aromatic carbocycles. The van der Waals surface area contributed by atoms with Crippen LogP contribution in [0, 0.1) is 0 Å². The second kappa shape index (κ2) is 8.46. The van der Waals surface area contributed by atoms with Gasteiger partial charge in [-0.1, -0.05) is 42.5 Å². The zero-order chi connectivity index (χ0) is 20.1. The molecule has 1 fully saturated rings. The summed E-state index contributed by atoms with van der Waals surface area (Å²) in [5.41, 5.74) is 2.47. The van der Waals surface area contributed by atoms with E-state index in [2.05, 4.69) is 5.32 Å². The van der Waals surface area contributed by atoms with E-state index in [1.165, 1.54) is 5.56 Å². The Labute approximate surface area is 166 Å². The zero-order valence-corrected chi connectivity index (χ0v) is 16.8. The van der Waals surface area contributed by atoms with Crippen molar-refractivity contribution < 1.29 is 14.3 Å². The number of anilines is 1. The number of ether oxygens (including phenoxy) is 1. The van der Waals surface area contributed by atoms with E-state index >= 15 is 0 Å². The van der Waals surface area contributed by atoms with Gasteiger partial charge < -0.3 is 15.0 Å². The minimum Gasteiger partial charge on any atom is -0.444 e. The van der Waals surface area contributed by atoms with Gasteiger partial charge in [0.2, 0.25) is 5.91 Å². The normalized spacial score (nSPS) is 16.7. The lowest BCUT2D eigenvalue weighted by molar-refractivity contribution is -0.115. The Bertz CT molecular complexity index is 810. The lowest BCUT2D eigenvalue weighted by atomic mass is 9.98. The molecule has 1 atom stereocenters. The third-order valence-electron chi connectivity index (χ3n) is 4.71. The van der Waals surface area contributed by atoms with E-state index in [0.29, 0.717) is 25.4 Å². The molecule has 148 valence electrons. The highest BCUT2D eigenvalue weighted by atomic mass is 16.6. The van der Waals surface area contributed by atoms with Gasteiger partial charge in [0.1, 0.15) is 5.60 Å². The van der Waals surface area contributed by atoms with Crippen LogP contribution in [-0.4, -0.2) is 35.6 Å². The molecule has 1 aliphatic rings. The van der Waals surface area contributed by atoms with Crippen LogP contribution in [0.2, 0.25) is 0 Å². The fraction of sp³-hybridized carbons (Fsp3) is 0.391. The van der Waals surface area contributed by atoms with Crippen molar-refractivity contribution in [2.75, 3.05) is 18.4 Å². The van der Waals surface area contributed by atoms with Crippen molar-refractivity contribution in [1.29, 1.82) is 0 Å². The highest BCUT2D eigenvalue weighted by molar-refractivity contribution is 5.92. The van der Waals surface area contributed by atoms with Crippen molar-refractivity contribution in [3.05, 3.63) is 65.7 Å². The molecule has 5 nitrogen and oxygen atoms in total. The number of amides is 2. The number of hydrogen-bond donors (Lipinski definition) is 1. The number of likely N-dealkylation sites (tertiary alicyclic amines) is 1. The van der Waals surface area contributed by atoms with Crippen LogP contribution in [0.4, 0.5) is 10.5 Å². The molecule has 0 bridgehead atoms. The SMILES string of the molecule is CC(C)(C)OC(=O)N1CC[C@H](c2ccc(NC(=O)Cc3ccccc3)cc2)C1. The van der Waals surface area contributed by atoms with Gasteiger partial charge in [0.05, 0.1) is 6.42 Å². The van der Waals surface area contributed by atoms with Crippen LogP contribution in [0.5, 0.6) is 0 Å². The number of carbonyl (C=O) groups is 2. The number of nitrogens with zero attached hydrogens (tertiary/aromatic N) is 1. The van der Waals surface area contributed by atoms with Crippen molar-refractivity contribution in [1.82, 2.24) is 4.90 Å². The summed E-state index contributed by atoms with van der Waals surface area (Å²) in [4.78, 5) is 26.2. The maximum atomic E-state index is 12.2. The molecule has 0 aromatic heterocycles. The highest BCUT2D eigenvalue weighted by Crippen LogP contribution is 2.29. The monoisotopic (exact) mass is 380 g/mol. The van der Waals surface area contributed by atoms with Gasteiger partial charge in [-0.2, -0.15) is 0 Å². The van der Waals surface area contributed by atoms with Gasteiger partial charge in [-0.05, 0) is 50.5 Å². The molecule has 5 heteroatoms. The Balaban J connectivity index is 1.53. The van der Waals surface area contributed by atoms with Crippen LogP contribution in [-0.2, 0) is 16.0 Å². The van der Waals surface area contributed by atoms with Gasteiger partial charge in [-0.25, -0.2) is 4.79 Å². The molecule has 0 radical (unpaired) electrons. The van der Waals surface area contributed by atoms with Crippen molar-refractivity contribution in [2.45, 2.75) is 45.1 Å². The molecule has 28 heavy (non-hydrogen) atoms. The molecule has 1 aliphatic heterocycles. The number of benzene rings is 2. The molecule has 0 saturated carbocycles. The van der Waals surface area contributed by atoms with Gasteiger partial charge in [-0.3, -0.25) is 4.79 Å². The first kappa shape index (κ1) is 19.9. The molecular weight excluding hydrogens is 352 g/mol. The van der Waals surface area contributed by atoms with Gasteiger partial charge in [0.25, 0.3) is 0 Å². The van der Waals surface area contributed by atoms with Crippen LogP contribution in [0.1, 0.15) is 44.2 Å². The molecule has 3 rings (SSSR count). The number of nitrogens with one attached hydrogen (secondary N) is 1. The molecule has 0 aliphatic carbocycles. The summed E-state index contributed by atoms with van der Waals surface area (Å²) >= 11 is 0. The Kier molecular flexibility index (Phi) is 6.02. The molecule has 2 amide bonds. The van der Waals surface area contributed by atoms with E-state index in [1.807, 2.05) is 75.4 Å². The standard InChI is InChI=1S/C23H28N2O3/c1-23(2,3)28-22(27)25-14-13-19(16-25)18-9-11-20(12-10-18)24-21(26)15-17-7-5-4-6-8-17/h4-12,19H,13-16H2,1-3H3,(H,24,26)/t19-/m0/s1. The van der Waals surface area contributed by atoms with Crippen molar-refractivity contribution in [3.63, 3.8) is 0 Å². The second-order valence-corrected chi connectivity index (χ2v) is 8.24. The Morgan fingerprint density at radius 1 is 1.07 bits per heavy atom. The Hall–Kier alpha value is -2.82. The molecule has 0 spiro atoms. The number of carbonyl (C=O) groups excluding carboxylic acids is 2. The fourth-order valence-electron chi connectivity index (χ4n) is 3.35. The first-order valence-corrected chi connectivity index (χ1v) is 9.72.